The zero-order valence-electron chi connectivity index (χ0n) is 8.74. The molecule has 2 rings (SSSR count). The van der Waals surface area contributed by atoms with E-state index in [4.69, 9.17) is 0 Å². The molecule has 0 heterocycles. The van der Waals surface area contributed by atoms with Crippen LogP contribution in [0.2, 0.25) is 0 Å². The minimum absolute atomic E-state index is 0.279. The van der Waals surface area contributed by atoms with Gasteiger partial charge in [0.25, 0.3) is 0 Å². The molecule has 0 N–H and O–H groups in total. The summed E-state index contributed by atoms with van der Waals surface area (Å²) in [6.07, 6.45) is 13.4. The van der Waals surface area contributed by atoms with Crippen LogP contribution < -0.4 is 0 Å². The molecule has 0 atom stereocenters. The van der Waals surface area contributed by atoms with Gasteiger partial charge in [-0.25, -0.2) is 4.74 Å². The number of hydrogen-bond donors (Lipinski definition) is 0. The lowest BCUT2D eigenvalue weighted by molar-refractivity contribution is -0.506. The standard InChI is InChI=1S/C12H19NO/c14-13(11-7-3-1-4-8-11)12-9-5-2-6-10-12/h3,7,12H,1-2,4-6,8-10H2/b13-11+. The number of rotatable bonds is 1. The third-order valence-corrected chi connectivity index (χ3v) is 3.30. The molecule has 0 radical (unpaired) electrons. The lowest BCUT2D eigenvalue weighted by Gasteiger charge is -2.23. The average molecular weight is 193 g/mol. The van der Waals surface area contributed by atoms with Gasteiger partial charge in [-0.1, -0.05) is 12.5 Å². The molecule has 0 amide bonds. The van der Waals surface area contributed by atoms with Gasteiger partial charge in [0.1, 0.15) is 0 Å². The molecule has 0 spiro atoms. The summed E-state index contributed by atoms with van der Waals surface area (Å²) in [7, 11) is 0. The summed E-state index contributed by atoms with van der Waals surface area (Å²) in [4.78, 5) is 0. The normalized spacial score (nSPS) is 27.7. The smallest absolute Gasteiger partial charge is 0.186 e. The summed E-state index contributed by atoms with van der Waals surface area (Å²) in [5.41, 5.74) is 1.02. The van der Waals surface area contributed by atoms with Crippen LogP contribution in [0.3, 0.4) is 0 Å². The average Bonchev–Trinajstić information content (AvgIpc) is 2.30. The number of hydroxylamine groups is 1. The van der Waals surface area contributed by atoms with Crippen molar-refractivity contribution in [3.05, 3.63) is 17.4 Å². The predicted molar refractivity (Wildman–Crippen MR) is 58.5 cm³/mol. The van der Waals surface area contributed by atoms with Crippen LogP contribution in [0.5, 0.6) is 0 Å². The molecular formula is C12H19NO. The molecule has 2 aliphatic carbocycles. The fourth-order valence-corrected chi connectivity index (χ4v) is 2.44. The van der Waals surface area contributed by atoms with E-state index in [1.54, 1.807) is 0 Å². The van der Waals surface area contributed by atoms with E-state index in [-0.39, 0.29) is 6.04 Å². The molecule has 0 aliphatic heterocycles. The van der Waals surface area contributed by atoms with Crippen molar-refractivity contribution in [1.82, 2.24) is 0 Å². The lowest BCUT2D eigenvalue weighted by Crippen LogP contribution is -2.29. The monoisotopic (exact) mass is 193 g/mol. The van der Waals surface area contributed by atoms with Crippen LogP contribution in [0.1, 0.15) is 51.4 Å². The van der Waals surface area contributed by atoms with Gasteiger partial charge < -0.3 is 5.21 Å². The van der Waals surface area contributed by atoms with Crippen molar-refractivity contribution in [1.29, 1.82) is 0 Å². The zero-order chi connectivity index (χ0) is 9.80. The van der Waals surface area contributed by atoms with Crippen LogP contribution in [-0.2, 0) is 0 Å². The van der Waals surface area contributed by atoms with E-state index in [2.05, 4.69) is 6.08 Å². The Morgan fingerprint density at radius 2 is 1.93 bits per heavy atom. The molecule has 0 aromatic carbocycles. The highest BCUT2D eigenvalue weighted by Gasteiger charge is 2.22. The minimum atomic E-state index is 0.279. The van der Waals surface area contributed by atoms with Gasteiger partial charge >= 0.3 is 0 Å². The fraction of sp³-hybridized carbons (Fsp3) is 0.750. The maximum Gasteiger partial charge on any atom is 0.186 e. The predicted octanol–water partition coefficient (Wildman–Crippen LogP) is 3.01. The Morgan fingerprint density at radius 3 is 2.57 bits per heavy atom. The molecule has 1 saturated carbocycles. The van der Waals surface area contributed by atoms with E-state index in [9.17, 15) is 5.21 Å². The summed E-state index contributed by atoms with van der Waals surface area (Å²) in [6, 6.07) is 0.279. The van der Waals surface area contributed by atoms with Crippen LogP contribution in [0.15, 0.2) is 12.2 Å². The molecule has 0 saturated heterocycles. The van der Waals surface area contributed by atoms with Crippen molar-refractivity contribution < 1.29 is 4.74 Å². The van der Waals surface area contributed by atoms with E-state index >= 15 is 0 Å². The number of hydrogen-bond acceptors (Lipinski definition) is 1. The Balaban J connectivity index is 2.07. The Labute approximate surface area is 85.9 Å². The van der Waals surface area contributed by atoms with Crippen LogP contribution in [0.4, 0.5) is 0 Å². The molecule has 1 fully saturated rings. The first-order valence-corrected chi connectivity index (χ1v) is 5.86. The quantitative estimate of drug-likeness (QED) is 0.357. The first-order chi connectivity index (χ1) is 6.88. The molecule has 0 unspecified atom stereocenters. The molecule has 78 valence electrons. The highest BCUT2D eigenvalue weighted by atomic mass is 16.5. The van der Waals surface area contributed by atoms with E-state index < -0.39 is 0 Å². The van der Waals surface area contributed by atoms with Gasteiger partial charge in [0.05, 0.1) is 0 Å². The van der Waals surface area contributed by atoms with Crippen molar-refractivity contribution in [2.45, 2.75) is 57.4 Å². The second kappa shape index (κ2) is 4.63. The maximum atomic E-state index is 12.0. The summed E-state index contributed by atoms with van der Waals surface area (Å²) < 4.78 is 1.30. The molecular weight excluding hydrogens is 174 g/mol. The molecule has 0 aromatic rings. The van der Waals surface area contributed by atoms with Gasteiger partial charge in [-0.15, -0.1) is 0 Å². The first kappa shape index (κ1) is 9.75. The van der Waals surface area contributed by atoms with E-state index in [1.165, 1.54) is 24.0 Å². The molecule has 2 nitrogen and oxygen atoms in total. The Kier molecular flexibility index (Phi) is 3.22. The summed E-state index contributed by atoms with van der Waals surface area (Å²) in [5, 5.41) is 12.0. The molecule has 0 aromatic heterocycles. The summed E-state index contributed by atoms with van der Waals surface area (Å²) >= 11 is 0. The molecule has 0 bridgehead atoms. The molecule has 2 aliphatic rings. The zero-order valence-corrected chi connectivity index (χ0v) is 8.74. The highest BCUT2D eigenvalue weighted by molar-refractivity contribution is 5.91. The van der Waals surface area contributed by atoms with Gasteiger partial charge in [-0.3, -0.25) is 0 Å². The fourth-order valence-electron chi connectivity index (χ4n) is 2.44. The lowest BCUT2D eigenvalue weighted by atomic mass is 9.95. The number of nitrogens with zero attached hydrogens (tertiary/aromatic N) is 1. The van der Waals surface area contributed by atoms with Crippen molar-refractivity contribution in [2.75, 3.05) is 0 Å². The van der Waals surface area contributed by atoms with Crippen LogP contribution in [0.25, 0.3) is 0 Å². The molecule has 14 heavy (non-hydrogen) atoms. The second-order valence-electron chi connectivity index (χ2n) is 4.40. The van der Waals surface area contributed by atoms with Gasteiger partial charge in [0.15, 0.2) is 11.8 Å². The Bertz CT molecular complexity index is 249. The summed E-state index contributed by atoms with van der Waals surface area (Å²) in [5.74, 6) is 0. The highest BCUT2D eigenvalue weighted by Crippen LogP contribution is 2.21. The van der Waals surface area contributed by atoms with Gasteiger partial charge in [-0.2, -0.15) is 0 Å². The van der Waals surface area contributed by atoms with E-state index in [0.717, 1.165) is 37.8 Å². The summed E-state index contributed by atoms with van der Waals surface area (Å²) in [6.45, 7) is 0. The van der Waals surface area contributed by atoms with Gasteiger partial charge in [0, 0.05) is 25.3 Å². The van der Waals surface area contributed by atoms with Crippen LogP contribution in [-0.4, -0.2) is 16.5 Å². The second-order valence-corrected chi connectivity index (χ2v) is 4.40. The Hall–Kier alpha value is -0.790. The van der Waals surface area contributed by atoms with E-state index in [1.807, 2.05) is 6.08 Å². The van der Waals surface area contributed by atoms with Crippen molar-refractivity contribution in [3.8, 4) is 0 Å². The van der Waals surface area contributed by atoms with Crippen molar-refractivity contribution in [3.63, 3.8) is 0 Å². The van der Waals surface area contributed by atoms with Crippen LogP contribution >= 0.6 is 0 Å². The first-order valence-electron chi connectivity index (χ1n) is 5.86. The largest absolute Gasteiger partial charge is 0.623 e. The topological polar surface area (TPSA) is 26.1 Å². The SMILES string of the molecule is [O-]/[N+](=C1\C=CCCC1)C1CCCCC1. The third-order valence-electron chi connectivity index (χ3n) is 3.30. The van der Waals surface area contributed by atoms with Crippen molar-refractivity contribution in [2.24, 2.45) is 0 Å². The minimum Gasteiger partial charge on any atom is -0.623 e. The van der Waals surface area contributed by atoms with Crippen LogP contribution in [0, 0.1) is 5.21 Å². The maximum absolute atomic E-state index is 12.0. The van der Waals surface area contributed by atoms with Gasteiger partial charge in [0.2, 0.25) is 0 Å². The van der Waals surface area contributed by atoms with Crippen molar-refractivity contribution >= 4 is 5.71 Å². The van der Waals surface area contributed by atoms with E-state index in [0.29, 0.717) is 0 Å². The number of allylic oxidation sites excluding steroid dienone is 2. The van der Waals surface area contributed by atoms with Gasteiger partial charge in [-0.05, 0) is 25.7 Å². The Morgan fingerprint density at radius 1 is 1.14 bits per heavy atom. The molecule has 2 heteroatoms. The third kappa shape index (κ3) is 2.17.